The first kappa shape index (κ1) is 16.0. The standard InChI is InChI=1S/C16H19BrFNO2/c1-11(2)7-19-8-12-5-14(20-9-12)10-21-16-4-3-13(18)6-15(16)17/h3-6,9,11,19H,7-8,10H2,1-2H3. The van der Waals surface area contributed by atoms with Crippen molar-refractivity contribution in [3.05, 3.63) is 52.1 Å². The van der Waals surface area contributed by atoms with Gasteiger partial charge in [-0.1, -0.05) is 13.8 Å². The molecule has 0 spiro atoms. The number of hydrogen-bond donors (Lipinski definition) is 1. The molecule has 2 rings (SSSR count). The molecule has 0 radical (unpaired) electrons. The highest BCUT2D eigenvalue weighted by atomic mass is 79.9. The van der Waals surface area contributed by atoms with Gasteiger partial charge in [-0.15, -0.1) is 0 Å². The number of benzene rings is 1. The monoisotopic (exact) mass is 355 g/mol. The van der Waals surface area contributed by atoms with Crippen LogP contribution in [0.1, 0.15) is 25.2 Å². The molecule has 1 aromatic carbocycles. The minimum Gasteiger partial charge on any atom is -0.484 e. The van der Waals surface area contributed by atoms with Crippen LogP contribution in [-0.4, -0.2) is 6.54 Å². The van der Waals surface area contributed by atoms with Crippen molar-refractivity contribution in [1.29, 1.82) is 0 Å². The molecule has 0 amide bonds. The van der Waals surface area contributed by atoms with Gasteiger partial charge in [-0.3, -0.25) is 0 Å². The van der Waals surface area contributed by atoms with E-state index in [4.69, 9.17) is 9.15 Å². The SMILES string of the molecule is CC(C)CNCc1coc(COc2ccc(F)cc2Br)c1. The lowest BCUT2D eigenvalue weighted by Gasteiger charge is -2.06. The van der Waals surface area contributed by atoms with Crippen LogP contribution in [0.25, 0.3) is 0 Å². The summed E-state index contributed by atoms with van der Waals surface area (Å²) in [6.45, 7) is 6.40. The zero-order chi connectivity index (χ0) is 15.2. The summed E-state index contributed by atoms with van der Waals surface area (Å²) in [5.74, 6) is 1.65. The Hall–Kier alpha value is -1.33. The molecule has 1 N–H and O–H groups in total. The topological polar surface area (TPSA) is 34.4 Å². The summed E-state index contributed by atoms with van der Waals surface area (Å²) in [4.78, 5) is 0. The van der Waals surface area contributed by atoms with Crippen molar-refractivity contribution in [1.82, 2.24) is 5.32 Å². The number of rotatable bonds is 7. The third-order valence-corrected chi connectivity index (χ3v) is 3.47. The van der Waals surface area contributed by atoms with Crippen molar-refractivity contribution < 1.29 is 13.5 Å². The second-order valence-corrected chi connectivity index (χ2v) is 6.16. The second-order valence-electron chi connectivity index (χ2n) is 5.31. The van der Waals surface area contributed by atoms with Gasteiger partial charge in [0.1, 0.15) is 23.9 Å². The van der Waals surface area contributed by atoms with Crippen LogP contribution in [0.15, 0.2) is 39.4 Å². The first-order valence-electron chi connectivity index (χ1n) is 6.89. The molecule has 1 aromatic heterocycles. The molecule has 0 atom stereocenters. The third-order valence-electron chi connectivity index (χ3n) is 2.85. The lowest BCUT2D eigenvalue weighted by molar-refractivity contribution is 0.268. The van der Waals surface area contributed by atoms with Gasteiger partial charge in [0.15, 0.2) is 0 Å². The van der Waals surface area contributed by atoms with Crippen LogP contribution in [0.4, 0.5) is 4.39 Å². The van der Waals surface area contributed by atoms with Gasteiger partial charge < -0.3 is 14.5 Å². The smallest absolute Gasteiger partial charge is 0.146 e. The van der Waals surface area contributed by atoms with E-state index in [0.29, 0.717) is 22.7 Å². The van der Waals surface area contributed by atoms with Gasteiger partial charge in [0.2, 0.25) is 0 Å². The largest absolute Gasteiger partial charge is 0.484 e. The average Bonchev–Trinajstić information content (AvgIpc) is 2.85. The molecule has 1 heterocycles. The Bertz CT molecular complexity index is 583. The summed E-state index contributed by atoms with van der Waals surface area (Å²) in [6, 6.07) is 6.29. The van der Waals surface area contributed by atoms with Gasteiger partial charge in [-0.25, -0.2) is 4.39 Å². The molecular formula is C16H19BrFNO2. The minimum atomic E-state index is -0.300. The van der Waals surface area contributed by atoms with Gasteiger partial charge in [-0.2, -0.15) is 0 Å². The van der Waals surface area contributed by atoms with E-state index < -0.39 is 0 Å². The molecule has 0 aliphatic rings. The fourth-order valence-corrected chi connectivity index (χ4v) is 2.31. The van der Waals surface area contributed by atoms with Gasteiger partial charge >= 0.3 is 0 Å². The van der Waals surface area contributed by atoms with Crippen LogP contribution in [0.2, 0.25) is 0 Å². The molecule has 114 valence electrons. The van der Waals surface area contributed by atoms with Gasteiger partial charge in [0.25, 0.3) is 0 Å². The fraction of sp³-hybridized carbons (Fsp3) is 0.375. The summed E-state index contributed by atoms with van der Waals surface area (Å²) in [6.07, 6.45) is 1.73. The molecule has 0 bridgehead atoms. The summed E-state index contributed by atoms with van der Waals surface area (Å²) >= 11 is 3.27. The minimum absolute atomic E-state index is 0.300. The Balaban J connectivity index is 1.85. The van der Waals surface area contributed by atoms with Gasteiger partial charge in [0.05, 0.1) is 10.7 Å². The molecule has 0 saturated carbocycles. The normalized spacial score (nSPS) is 11.1. The van der Waals surface area contributed by atoms with Crippen molar-refractivity contribution in [3.8, 4) is 5.75 Å². The highest BCUT2D eigenvalue weighted by Gasteiger charge is 2.06. The highest BCUT2D eigenvalue weighted by molar-refractivity contribution is 9.10. The molecule has 21 heavy (non-hydrogen) atoms. The van der Waals surface area contributed by atoms with Crippen LogP contribution < -0.4 is 10.1 Å². The van der Waals surface area contributed by atoms with Gasteiger partial charge in [-0.05, 0) is 52.7 Å². The van der Waals surface area contributed by atoms with E-state index in [1.807, 2.05) is 6.07 Å². The summed E-state index contributed by atoms with van der Waals surface area (Å²) in [5.41, 5.74) is 1.09. The van der Waals surface area contributed by atoms with E-state index in [-0.39, 0.29) is 5.82 Å². The first-order valence-corrected chi connectivity index (χ1v) is 7.68. The number of ether oxygens (including phenoxy) is 1. The van der Waals surface area contributed by atoms with Crippen LogP contribution in [0, 0.1) is 11.7 Å². The summed E-state index contributed by atoms with van der Waals surface area (Å²) in [7, 11) is 0. The highest BCUT2D eigenvalue weighted by Crippen LogP contribution is 2.26. The predicted octanol–water partition coefficient (Wildman–Crippen LogP) is 4.51. The van der Waals surface area contributed by atoms with Crippen molar-refractivity contribution in [2.45, 2.75) is 27.0 Å². The van der Waals surface area contributed by atoms with Crippen molar-refractivity contribution in [3.63, 3.8) is 0 Å². The van der Waals surface area contributed by atoms with Crippen LogP contribution in [0.5, 0.6) is 5.75 Å². The van der Waals surface area contributed by atoms with E-state index in [2.05, 4.69) is 35.1 Å². The van der Waals surface area contributed by atoms with E-state index in [1.54, 1.807) is 12.3 Å². The molecule has 2 aromatic rings. The lowest BCUT2D eigenvalue weighted by Crippen LogP contribution is -2.18. The van der Waals surface area contributed by atoms with Crippen LogP contribution >= 0.6 is 15.9 Å². The fourth-order valence-electron chi connectivity index (χ4n) is 1.84. The molecule has 0 fully saturated rings. The predicted molar refractivity (Wildman–Crippen MR) is 83.7 cm³/mol. The van der Waals surface area contributed by atoms with E-state index in [0.717, 1.165) is 24.4 Å². The Labute approximate surface area is 132 Å². The average molecular weight is 356 g/mol. The third kappa shape index (κ3) is 5.17. The molecule has 0 unspecified atom stereocenters. The maximum atomic E-state index is 13.0. The lowest BCUT2D eigenvalue weighted by atomic mass is 10.2. The first-order chi connectivity index (χ1) is 10.0. The Morgan fingerprint density at radius 3 is 2.86 bits per heavy atom. The Morgan fingerprint density at radius 1 is 1.33 bits per heavy atom. The van der Waals surface area contributed by atoms with Gasteiger partial charge in [0, 0.05) is 12.1 Å². The van der Waals surface area contributed by atoms with E-state index in [1.165, 1.54) is 12.1 Å². The van der Waals surface area contributed by atoms with Crippen LogP contribution in [0.3, 0.4) is 0 Å². The summed E-state index contributed by atoms with van der Waals surface area (Å²) in [5, 5.41) is 3.35. The molecule has 0 saturated heterocycles. The van der Waals surface area contributed by atoms with Crippen molar-refractivity contribution in [2.24, 2.45) is 5.92 Å². The van der Waals surface area contributed by atoms with E-state index in [9.17, 15) is 4.39 Å². The number of hydrogen-bond acceptors (Lipinski definition) is 3. The Morgan fingerprint density at radius 2 is 2.14 bits per heavy atom. The molecule has 0 aliphatic heterocycles. The number of halogens is 2. The zero-order valence-corrected chi connectivity index (χ0v) is 13.7. The molecule has 5 heteroatoms. The second kappa shape index (κ2) is 7.61. The maximum absolute atomic E-state index is 13.0. The van der Waals surface area contributed by atoms with Crippen molar-refractivity contribution in [2.75, 3.05) is 6.54 Å². The summed E-state index contributed by atoms with van der Waals surface area (Å²) < 4.78 is 24.6. The molecule has 3 nitrogen and oxygen atoms in total. The van der Waals surface area contributed by atoms with Crippen LogP contribution in [-0.2, 0) is 13.2 Å². The quantitative estimate of drug-likeness (QED) is 0.793. The van der Waals surface area contributed by atoms with E-state index >= 15 is 0 Å². The molecule has 0 aliphatic carbocycles. The molecular weight excluding hydrogens is 337 g/mol. The maximum Gasteiger partial charge on any atom is 0.146 e. The number of furan rings is 1. The zero-order valence-electron chi connectivity index (χ0n) is 12.2. The Kier molecular flexibility index (Phi) is 5.82. The number of nitrogens with one attached hydrogen (secondary N) is 1. The van der Waals surface area contributed by atoms with Crippen molar-refractivity contribution >= 4 is 15.9 Å².